The summed E-state index contributed by atoms with van der Waals surface area (Å²) in [6.45, 7) is 0. The maximum atomic E-state index is 8.99. The summed E-state index contributed by atoms with van der Waals surface area (Å²) < 4.78 is 5.05. The molecule has 0 atom stereocenters. The summed E-state index contributed by atoms with van der Waals surface area (Å²) in [5, 5.41) is 8.99. The number of hydrogen-bond donors (Lipinski definition) is 1. The second-order valence-electron chi connectivity index (χ2n) is 2.46. The van der Waals surface area contributed by atoms with Gasteiger partial charge in [0.2, 0.25) is 0 Å². The van der Waals surface area contributed by atoms with Crippen LogP contribution in [0.4, 0.5) is 0 Å². The zero-order chi connectivity index (χ0) is 7.68. The Morgan fingerprint density at radius 1 is 1.27 bits per heavy atom. The monoisotopic (exact) mass is 148 g/mol. The molecule has 11 heavy (non-hydrogen) atoms. The average molecular weight is 148 g/mol. The fourth-order valence-electron chi connectivity index (χ4n) is 1.12. The van der Waals surface area contributed by atoms with E-state index in [-0.39, 0.29) is 5.95 Å². The third-order valence-corrected chi connectivity index (χ3v) is 1.68. The fraction of sp³-hybridized carbons (Fsp3) is 0.111. The van der Waals surface area contributed by atoms with Crippen molar-refractivity contribution < 1.29 is 9.84 Å². The highest BCUT2D eigenvalue weighted by Gasteiger charge is 2.09. The molecule has 1 aliphatic rings. The Bertz CT molecular complexity index is 302. The van der Waals surface area contributed by atoms with E-state index < -0.39 is 0 Å². The van der Waals surface area contributed by atoms with E-state index in [0.29, 0.717) is 0 Å². The summed E-state index contributed by atoms with van der Waals surface area (Å²) in [6.07, 6.45) is 2.41. The van der Waals surface area contributed by atoms with Crippen molar-refractivity contribution in [2.24, 2.45) is 0 Å². The molecule has 1 N–H and O–H groups in total. The van der Waals surface area contributed by atoms with Crippen LogP contribution < -0.4 is 4.74 Å². The molecule has 0 aromatic heterocycles. The van der Waals surface area contributed by atoms with Crippen molar-refractivity contribution in [1.29, 1.82) is 0 Å². The SMILES string of the molecule is OC1=CCc2ccccc2O1. The van der Waals surface area contributed by atoms with Gasteiger partial charge in [-0.1, -0.05) is 18.2 Å². The van der Waals surface area contributed by atoms with Crippen molar-refractivity contribution in [3.8, 4) is 5.75 Å². The minimum Gasteiger partial charge on any atom is -0.481 e. The number of fused-ring (bicyclic) bond motifs is 1. The molecular formula is C9H8O2. The molecule has 0 amide bonds. The smallest absolute Gasteiger partial charge is 0.278 e. The van der Waals surface area contributed by atoms with E-state index in [9.17, 15) is 0 Å². The largest absolute Gasteiger partial charge is 0.481 e. The van der Waals surface area contributed by atoms with E-state index in [1.165, 1.54) is 0 Å². The standard InChI is InChI=1S/C9H8O2/c10-9-6-5-7-3-1-2-4-8(7)11-9/h1-4,6,10H,5H2. The highest BCUT2D eigenvalue weighted by Crippen LogP contribution is 2.24. The first-order chi connectivity index (χ1) is 5.36. The molecule has 0 saturated carbocycles. The van der Waals surface area contributed by atoms with Crippen molar-refractivity contribution >= 4 is 0 Å². The maximum Gasteiger partial charge on any atom is 0.278 e. The number of ether oxygens (including phenoxy) is 1. The van der Waals surface area contributed by atoms with Gasteiger partial charge >= 0.3 is 0 Å². The first-order valence-electron chi connectivity index (χ1n) is 3.51. The minimum absolute atomic E-state index is 0.00343. The zero-order valence-corrected chi connectivity index (χ0v) is 5.95. The van der Waals surface area contributed by atoms with Gasteiger partial charge in [0.1, 0.15) is 5.75 Å². The first-order valence-corrected chi connectivity index (χ1v) is 3.51. The lowest BCUT2D eigenvalue weighted by Gasteiger charge is -2.12. The average Bonchev–Trinajstić information content (AvgIpc) is 2.04. The molecule has 2 heteroatoms. The molecule has 1 aliphatic heterocycles. The second-order valence-corrected chi connectivity index (χ2v) is 2.46. The molecule has 1 heterocycles. The minimum atomic E-state index is 0.00343. The predicted octanol–water partition coefficient (Wildman–Crippen LogP) is 2.02. The molecule has 0 radical (unpaired) electrons. The van der Waals surface area contributed by atoms with Crippen LogP contribution in [0.2, 0.25) is 0 Å². The molecule has 1 aromatic carbocycles. The number of rotatable bonds is 0. The summed E-state index contributed by atoms with van der Waals surface area (Å²) in [5.41, 5.74) is 1.12. The number of aliphatic hydroxyl groups is 1. The maximum absolute atomic E-state index is 8.99. The second kappa shape index (κ2) is 2.31. The summed E-state index contributed by atoms with van der Waals surface area (Å²) >= 11 is 0. The number of aliphatic hydroxyl groups excluding tert-OH is 1. The van der Waals surface area contributed by atoms with Gasteiger partial charge in [0.25, 0.3) is 5.95 Å². The molecular weight excluding hydrogens is 140 g/mol. The zero-order valence-electron chi connectivity index (χ0n) is 5.95. The number of benzene rings is 1. The van der Waals surface area contributed by atoms with E-state index in [4.69, 9.17) is 9.84 Å². The van der Waals surface area contributed by atoms with Crippen LogP contribution in [-0.2, 0) is 6.42 Å². The Balaban J connectivity index is 2.42. The molecule has 0 saturated heterocycles. The molecule has 0 unspecified atom stereocenters. The highest BCUT2D eigenvalue weighted by atomic mass is 16.6. The van der Waals surface area contributed by atoms with Crippen LogP contribution in [0.3, 0.4) is 0 Å². The van der Waals surface area contributed by atoms with Gasteiger partial charge in [-0.25, -0.2) is 0 Å². The third kappa shape index (κ3) is 1.07. The van der Waals surface area contributed by atoms with E-state index in [0.717, 1.165) is 17.7 Å². The quantitative estimate of drug-likeness (QED) is 0.609. The van der Waals surface area contributed by atoms with Crippen molar-refractivity contribution in [1.82, 2.24) is 0 Å². The van der Waals surface area contributed by atoms with Crippen molar-refractivity contribution in [3.63, 3.8) is 0 Å². The van der Waals surface area contributed by atoms with Crippen molar-refractivity contribution in [2.45, 2.75) is 6.42 Å². The highest BCUT2D eigenvalue weighted by molar-refractivity contribution is 5.37. The van der Waals surface area contributed by atoms with Crippen molar-refractivity contribution in [3.05, 3.63) is 41.9 Å². The fourth-order valence-corrected chi connectivity index (χ4v) is 1.12. The predicted molar refractivity (Wildman–Crippen MR) is 41.5 cm³/mol. The van der Waals surface area contributed by atoms with Crippen LogP contribution in [0.5, 0.6) is 5.75 Å². The number of hydrogen-bond acceptors (Lipinski definition) is 2. The van der Waals surface area contributed by atoms with E-state index in [1.54, 1.807) is 6.08 Å². The lowest BCUT2D eigenvalue weighted by atomic mass is 10.1. The lowest BCUT2D eigenvalue weighted by Crippen LogP contribution is -2.02. The topological polar surface area (TPSA) is 29.5 Å². The molecule has 2 rings (SSSR count). The van der Waals surface area contributed by atoms with Gasteiger partial charge in [-0.2, -0.15) is 0 Å². The Morgan fingerprint density at radius 2 is 2.09 bits per heavy atom. The van der Waals surface area contributed by atoms with E-state index >= 15 is 0 Å². The molecule has 0 fully saturated rings. The molecule has 0 aliphatic carbocycles. The van der Waals surface area contributed by atoms with Gasteiger partial charge in [-0.3, -0.25) is 0 Å². The summed E-state index contributed by atoms with van der Waals surface area (Å²) in [6, 6.07) is 7.67. The van der Waals surface area contributed by atoms with Crippen LogP contribution in [0.1, 0.15) is 5.56 Å². The van der Waals surface area contributed by atoms with E-state index in [2.05, 4.69) is 0 Å². The molecule has 1 aromatic rings. The molecule has 0 bridgehead atoms. The molecule has 2 nitrogen and oxygen atoms in total. The molecule has 56 valence electrons. The summed E-state index contributed by atoms with van der Waals surface area (Å²) in [5.74, 6) is 0.760. The van der Waals surface area contributed by atoms with Gasteiger partial charge in [-0.05, 0) is 11.6 Å². The van der Waals surface area contributed by atoms with Crippen molar-refractivity contribution in [2.75, 3.05) is 0 Å². The van der Waals surface area contributed by atoms with Gasteiger partial charge in [0.05, 0.1) is 0 Å². The van der Waals surface area contributed by atoms with Crippen LogP contribution in [0.15, 0.2) is 36.3 Å². The van der Waals surface area contributed by atoms with E-state index in [1.807, 2.05) is 24.3 Å². The van der Waals surface area contributed by atoms with Crippen LogP contribution >= 0.6 is 0 Å². The van der Waals surface area contributed by atoms with Gasteiger partial charge < -0.3 is 9.84 Å². The normalized spacial score (nSPS) is 14.7. The molecule has 0 spiro atoms. The Morgan fingerprint density at radius 3 is 3.00 bits per heavy atom. The van der Waals surface area contributed by atoms with Crippen LogP contribution in [-0.4, -0.2) is 5.11 Å². The van der Waals surface area contributed by atoms with Gasteiger partial charge in [0, 0.05) is 12.5 Å². The first kappa shape index (κ1) is 6.28. The van der Waals surface area contributed by atoms with Gasteiger partial charge in [0.15, 0.2) is 0 Å². The summed E-state index contributed by atoms with van der Waals surface area (Å²) in [4.78, 5) is 0. The third-order valence-electron chi connectivity index (χ3n) is 1.68. The number of para-hydroxylation sites is 1. The lowest BCUT2D eigenvalue weighted by molar-refractivity contribution is 0.200. The van der Waals surface area contributed by atoms with Crippen LogP contribution in [0, 0.1) is 0 Å². The number of allylic oxidation sites excluding steroid dienone is 1. The Hall–Kier alpha value is -1.44. The van der Waals surface area contributed by atoms with Gasteiger partial charge in [-0.15, -0.1) is 0 Å². The Kier molecular flexibility index (Phi) is 1.32. The van der Waals surface area contributed by atoms with Crippen LogP contribution in [0.25, 0.3) is 0 Å². The summed E-state index contributed by atoms with van der Waals surface area (Å²) in [7, 11) is 0. The Labute approximate surface area is 64.7 Å².